The summed E-state index contributed by atoms with van der Waals surface area (Å²) >= 11 is 0. The highest BCUT2D eigenvalue weighted by Gasteiger charge is 2.33. The molecule has 0 radical (unpaired) electrons. The van der Waals surface area contributed by atoms with Gasteiger partial charge in [0.1, 0.15) is 5.82 Å². The first-order valence-electron chi connectivity index (χ1n) is 7.14. The number of rotatable bonds is 4. The Morgan fingerprint density at radius 3 is 2.90 bits per heavy atom. The minimum absolute atomic E-state index is 0.0346. The van der Waals surface area contributed by atoms with Crippen LogP contribution in [0.5, 0.6) is 0 Å². The van der Waals surface area contributed by atoms with Crippen LogP contribution in [0.25, 0.3) is 0 Å². The van der Waals surface area contributed by atoms with Gasteiger partial charge in [0.2, 0.25) is 11.8 Å². The van der Waals surface area contributed by atoms with E-state index in [1.165, 1.54) is 12.1 Å². The van der Waals surface area contributed by atoms with E-state index in [0.717, 1.165) is 5.56 Å². The largest absolute Gasteiger partial charge is 0.424 e. The van der Waals surface area contributed by atoms with Gasteiger partial charge in [-0.05, 0) is 24.1 Å². The maximum atomic E-state index is 13.4. The minimum atomic E-state index is -0.424. The fourth-order valence-electron chi connectivity index (χ4n) is 2.78. The molecule has 1 aliphatic heterocycles. The van der Waals surface area contributed by atoms with Crippen LogP contribution in [0.3, 0.4) is 0 Å². The van der Waals surface area contributed by atoms with Crippen LogP contribution in [0, 0.1) is 5.82 Å². The van der Waals surface area contributed by atoms with Gasteiger partial charge in [0, 0.05) is 19.0 Å². The van der Waals surface area contributed by atoms with Gasteiger partial charge in [-0.3, -0.25) is 4.90 Å². The Hall–Kier alpha value is -1.79. The molecule has 3 rings (SSSR count). The number of β-amino-alcohol motifs (C(OH)–C–C–N with tert-alkyl or cyclic N) is 1. The lowest BCUT2D eigenvalue weighted by atomic mass is 10.0. The molecule has 5 nitrogen and oxygen atoms in total. The molecule has 0 bridgehead atoms. The fraction of sp³-hybridized carbons (Fsp3) is 0.467. The van der Waals surface area contributed by atoms with Crippen molar-refractivity contribution in [3.8, 4) is 0 Å². The van der Waals surface area contributed by atoms with Crippen molar-refractivity contribution < 1.29 is 13.9 Å². The average Bonchev–Trinajstić information content (AvgIpc) is 3.06. The van der Waals surface area contributed by atoms with Crippen molar-refractivity contribution in [2.24, 2.45) is 0 Å². The molecule has 1 aromatic carbocycles. The van der Waals surface area contributed by atoms with E-state index in [2.05, 4.69) is 10.2 Å². The summed E-state index contributed by atoms with van der Waals surface area (Å²) in [7, 11) is 0. The molecule has 0 amide bonds. The molecule has 1 N–H and O–H groups in total. The second kappa shape index (κ2) is 5.91. The Labute approximate surface area is 122 Å². The summed E-state index contributed by atoms with van der Waals surface area (Å²) in [6, 6.07) is 6.47. The summed E-state index contributed by atoms with van der Waals surface area (Å²) in [5.41, 5.74) is 0.863. The second-order valence-electron chi connectivity index (χ2n) is 5.33. The van der Waals surface area contributed by atoms with Crippen LogP contribution in [0.15, 0.2) is 28.7 Å². The Bertz CT molecular complexity index is 616. The molecule has 6 heteroatoms. The molecule has 2 aromatic rings. The van der Waals surface area contributed by atoms with E-state index >= 15 is 0 Å². The number of likely N-dealkylation sites (tertiary alicyclic amines) is 1. The Kier molecular flexibility index (Phi) is 3.98. The number of hydrogen-bond acceptors (Lipinski definition) is 5. The van der Waals surface area contributed by atoms with E-state index in [9.17, 15) is 9.50 Å². The van der Waals surface area contributed by atoms with Crippen LogP contribution < -0.4 is 0 Å². The fourth-order valence-corrected chi connectivity index (χ4v) is 2.78. The van der Waals surface area contributed by atoms with Crippen LogP contribution in [0.2, 0.25) is 0 Å². The Morgan fingerprint density at radius 1 is 1.38 bits per heavy atom. The summed E-state index contributed by atoms with van der Waals surface area (Å²) in [5.74, 6) is 0.870. The van der Waals surface area contributed by atoms with Gasteiger partial charge in [0.25, 0.3) is 0 Å². The number of aliphatic hydroxyl groups excluding tert-OH is 1. The lowest BCUT2D eigenvalue weighted by Crippen LogP contribution is -2.24. The molecule has 2 heterocycles. The molecule has 1 aromatic heterocycles. The minimum Gasteiger partial charge on any atom is -0.424 e. The second-order valence-corrected chi connectivity index (χ2v) is 5.33. The summed E-state index contributed by atoms with van der Waals surface area (Å²) in [4.78, 5) is 2.05. The van der Waals surface area contributed by atoms with Gasteiger partial charge in [0.15, 0.2) is 0 Å². The third-order valence-electron chi connectivity index (χ3n) is 3.76. The molecule has 1 aliphatic rings. The van der Waals surface area contributed by atoms with E-state index < -0.39 is 6.10 Å². The molecule has 0 aliphatic carbocycles. The normalized spacial score (nSPS) is 22.8. The number of nitrogens with zero attached hydrogens (tertiary/aromatic N) is 3. The van der Waals surface area contributed by atoms with Crippen LogP contribution >= 0.6 is 0 Å². The van der Waals surface area contributed by atoms with Crippen molar-refractivity contribution in [2.75, 3.05) is 6.54 Å². The van der Waals surface area contributed by atoms with Crippen LogP contribution in [0.4, 0.5) is 4.39 Å². The molecule has 1 saturated heterocycles. The first kappa shape index (κ1) is 14.2. The van der Waals surface area contributed by atoms with Crippen LogP contribution in [0.1, 0.15) is 36.7 Å². The third-order valence-corrected chi connectivity index (χ3v) is 3.76. The van der Waals surface area contributed by atoms with Crippen LogP contribution in [-0.2, 0) is 13.0 Å². The maximum absolute atomic E-state index is 13.4. The van der Waals surface area contributed by atoms with Crippen molar-refractivity contribution in [2.45, 2.75) is 38.5 Å². The number of aliphatic hydroxyl groups is 1. The molecule has 21 heavy (non-hydrogen) atoms. The third kappa shape index (κ3) is 3.11. The highest BCUT2D eigenvalue weighted by atomic mass is 19.1. The zero-order chi connectivity index (χ0) is 14.8. The van der Waals surface area contributed by atoms with Gasteiger partial charge in [-0.1, -0.05) is 19.1 Å². The molecule has 0 spiro atoms. The van der Waals surface area contributed by atoms with Crippen molar-refractivity contribution >= 4 is 0 Å². The summed E-state index contributed by atoms with van der Waals surface area (Å²) in [6.45, 7) is 2.93. The predicted molar refractivity (Wildman–Crippen MR) is 73.9 cm³/mol. The lowest BCUT2D eigenvalue weighted by Gasteiger charge is -2.22. The lowest BCUT2D eigenvalue weighted by molar-refractivity contribution is 0.167. The van der Waals surface area contributed by atoms with E-state index in [-0.39, 0.29) is 11.9 Å². The standard InChI is InChI=1S/C15H18FN3O2/c1-2-14-17-18-15(21-14)9-19-8-12(20)7-13(19)10-4-3-5-11(16)6-10/h3-6,12-13,20H,2,7-9H2,1H3. The van der Waals surface area contributed by atoms with Crippen molar-refractivity contribution in [1.29, 1.82) is 0 Å². The number of hydrogen-bond donors (Lipinski definition) is 1. The van der Waals surface area contributed by atoms with E-state index in [0.29, 0.717) is 37.7 Å². The molecular formula is C15H18FN3O2. The van der Waals surface area contributed by atoms with Gasteiger partial charge in [-0.2, -0.15) is 0 Å². The monoisotopic (exact) mass is 291 g/mol. The maximum Gasteiger partial charge on any atom is 0.230 e. The van der Waals surface area contributed by atoms with Gasteiger partial charge >= 0.3 is 0 Å². The van der Waals surface area contributed by atoms with Gasteiger partial charge < -0.3 is 9.52 Å². The molecule has 1 fully saturated rings. The summed E-state index contributed by atoms with van der Waals surface area (Å²) in [6.07, 6.45) is 0.855. The molecule has 0 saturated carbocycles. The van der Waals surface area contributed by atoms with Gasteiger partial charge in [-0.15, -0.1) is 10.2 Å². The van der Waals surface area contributed by atoms with E-state index in [1.54, 1.807) is 6.07 Å². The highest BCUT2D eigenvalue weighted by molar-refractivity contribution is 5.21. The van der Waals surface area contributed by atoms with Gasteiger partial charge in [0.05, 0.1) is 12.6 Å². The summed E-state index contributed by atoms with van der Waals surface area (Å²) < 4.78 is 18.9. The molecule has 2 unspecified atom stereocenters. The quantitative estimate of drug-likeness (QED) is 0.934. The highest BCUT2D eigenvalue weighted by Crippen LogP contribution is 2.33. The Morgan fingerprint density at radius 2 is 2.19 bits per heavy atom. The topological polar surface area (TPSA) is 62.4 Å². The summed E-state index contributed by atoms with van der Waals surface area (Å²) in [5, 5.41) is 17.9. The number of benzene rings is 1. The average molecular weight is 291 g/mol. The van der Waals surface area contributed by atoms with Crippen LogP contribution in [-0.4, -0.2) is 32.9 Å². The smallest absolute Gasteiger partial charge is 0.230 e. The van der Waals surface area contributed by atoms with E-state index in [1.807, 2.05) is 17.9 Å². The number of aryl methyl sites for hydroxylation is 1. The predicted octanol–water partition coefficient (Wildman–Crippen LogP) is 2.08. The number of aromatic nitrogens is 2. The van der Waals surface area contributed by atoms with Crippen molar-refractivity contribution in [1.82, 2.24) is 15.1 Å². The first-order valence-corrected chi connectivity index (χ1v) is 7.14. The van der Waals surface area contributed by atoms with Gasteiger partial charge in [-0.25, -0.2) is 4.39 Å². The number of halogens is 1. The van der Waals surface area contributed by atoms with E-state index in [4.69, 9.17) is 4.42 Å². The molecule has 2 atom stereocenters. The Balaban J connectivity index is 1.79. The zero-order valence-electron chi connectivity index (χ0n) is 11.9. The first-order chi connectivity index (χ1) is 10.2. The molecule has 112 valence electrons. The van der Waals surface area contributed by atoms with Crippen molar-refractivity contribution in [3.05, 3.63) is 47.4 Å². The zero-order valence-corrected chi connectivity index (χ0v) is 11.9. The van der Waals surface area contributed by atoms with Crippen molar-refractivity contribution in [3.63, 3.8) is 0 Å². The molecular weight excluding hydrogens is 273 g/mol. The SMILES string of the molecule is CCc1nnc(CN2CC(O)CC2c2cccc(F)c2)o1.